The minimum Gasteiger partial charge on any atom is -0.382 e. The van der Waals surface area contributed by atoms with E-state index in [-0.39, 0.29) is 5.91 Å². The van der Waals surface area contributed by atoms with Crippen LogP contribution in [0.3, 0.4) is 0 Å². The largest absolute Gasteiger partial charge is 0.382 e. The van der Waals surface area contributed by atoms with Crippen LogP contribution >= 0.6 is 11.8 Å². The van der Waals surface area contributed by atoms with Crippen LogP contribution in [0.4, 0.5) is 5.69 Å². The highest BCUT2D eigenvalue weighted by Crippen LogP contribution is 2.21. The summed E-state index contributed by atoms with van der Waals surface area (Å²) < 4.78 is 0. The van der Waals surface area contributed by atoms with Gasteiger partial charge in [-0.25, -0.2) is 0 Å². The van der Waals surface area contributed by atoms with Crippen molar-refractivity contribution in [2.24, 2.45) is 5.73 Å². The Morgan fingerprint density at radius 3 is 2.44 bits per heavy atom. The molecule has 0 radical (unpaired) electrons. The van der Waals surface area contributed by atoms with Crippen LogP contribution in [-0.4, -0.2) is 23.5 Å². The number of hydrogen-bond acceptors (Lipinski definition) is 3. The first-order chi connectivity index (χ1) is 7.75. The lowest BCUT2D eigenvalue weighted by Gasteiger charge is -2.23. The Bertz CT molecular complexity index is 358. The Kier molecular flexibility index (Phi) is 3.72. The van der Waals surface area contributed by atoms with Crippen molar-refractivity contribution in [2.75, 3.05) is 16.8 Å². The topological polar surface area (TPSA) is 55.1 Å². The summed E-state index contributed by atoms with van der Waals surface area (Å²) in [5.41, 5.74) is 6.82. The number of primary amides is 1. The van der Waals surface area contributed by atoms with Crippen LogP contribution in [0, 0.1) is 0 Å². The Morgan fingerprint density at radius 2 is 1.88 bits per heavy atom. The van der Waals surface area contributed by atoms with Gasteiger partial charge in [-0.15, -0.1) is 0 Å². The molecule has 0 bridgehead atoms. The minimum atomic E-state index is -0.374. The molecule has 1 aromatic carbocycles. The van der Waals surface area contributed by atoms with Gasteiger partial charge in [-0.2, -0.15) is 11.8 Å². The third kappa shape index (κ3) is 2.92. The molecule has 0 aliphatic carbocycles. The smallest absolute Gasteiger partial charge is 0.248 e. The molecule has 0 atom stereocenters. The van der Waals surface area contributed by atoms with Gasteiger partial charge in [-0.05, 0) is 48.6 Å². The van der Waals surface area contributed by atoms with Crippen LogP contribution in [0.25, 0.3) is 0 Å². The summed E-state index contributed by atoms with van der Waals surface area (Å²) in [6.07, 6.45) is 2.42. The van der Waals surface area contributed by atoms with Gasteiger partial charge in [0.05, 0.1) is 0 Å². The van der Waals surface area contributed by atoms with E-state index in [2.05, 4.69) is 5.32 Å². The lowest BCUT2D eigenvalue weighted by Crippen LogP contribution is -2.24. The lowest BCUT2D eigenvalue weighted by molar-refractivity contribution is 0.100. The van der Waals surface area contributed by atoms with Crippen molar-refractivity contribution in [3.05, 3.63) is 29.8 Å². The van der Waals surface area contributed by atoms with Gasteiger partial charge in [0.15, 0.2) is 0 Å². The molecule has 1 aliphatic rings. The maximum atomic E-state index is 10.9. The molecule has 1 fully saturated rings. The minimum absolute atomic E-state index is 0.374. The monoisotopic (exact) mass is 236 g/mol. The van der Waals surface area contributed by atoms with Gasteiger partial charge in [0.25, 0.3) is 0 Å². The number of amides is 1. The van der Waals surface area contributed by atoms with Crippen molar-refractivity contribution < 1.29 is 4.79 Å². The quantitative estimate of drug-likeness (QED) is 0.845. The van der Waals surface area contributed by atoms with Gasteiger partial charge in [0.1, 0.15) is 0 Å². The van der Waals surface area contributed by atoms with Crippen LogP contribution in [-0.2, 0) is 0 Å². The summed E-state index contributed by atoms with van der Waals surface area (Å²) >= 11 is 2.01. The highest BCUT2D eigenvalue weighted by Gasteiger charge is 2.13. The summed E-state index contributed by atoms with van der Waals surface area (Å²) in [5.74, 6) is 2.09. The van der Waals surface area contributed by atoms with Gasteiger partial charge in [-0.3, -0.25) is 4.79 Å². The summed E-state index contributed by atoms with van der Waals surface area (Å²) in [5, 5.41) is 3.48. The molecule has 1 aromatic rings. The number of anilines is 1. The predicted octanol–water partition coefficient (Wildman–Crippen LogP) is 2.09. The fourth-order valence-electron chi connectivity index (χ4n) is 1.81. The van der Waals surface area contributed by atoms with Crippen molar-refractivity contribution >= 4 is 23.4 Å². The third-order valence-electron chi connectivity index (χ3n) is 2.76. The van der Waals surface area contributed by atoms with E-state index in [1.165, 1.54) is 24.3 Å². The zero-order valence-electron chi connectivity index (χ0n) is 9.11. The number of hydrogen-bond donors (Lipinski definition) is 2. The fourth-order valence-corrected chi connectivity index (χ4v) is 2.91. The van der Waals surface area contributed by atoms with Crippen LogP contribution in [0.1, 0.15) is 23.2 Å². The molecule has 1 aliphatic heterocycles. The molecule has 4 heteroatoms. The number of nitrogens with one attached hydrogen (secondary N) is 1. The summed E-state index contributed by atoms with van der Waals surface area (Å²) in [7, 11) is 0. The second-order valence-corrected chi connectivity index (χ2v) is 5.20. The van der Waals surface area contributed by atoms with Gasteiger partial charge >= 0.3 is 0 Å². The number of rotatable bonds is 3. The summed E-state index contributed by atoms with van der Waals surface area (Å²) in [6.45, 7) is 0. The average molecular weight is 236 g/mol. The van der Waals surface area contributed by atoms with Crippen LogP contribution < -0.4 is 11.1 Å². The zero-order chi connectivity index (χ0) is 11.4. The van der Waals surface area contributed by atoms with E-state index in [4.69, 9.17) is 5.73 Å². The summed E-state index contributed by atoms with van der Waals surface area (Å²) in [6, 6.07) is 7.94. The molecule has 3 nitrogen and oxygen atoms in total. The molecule has 1 amide bonds. The molecule has 1 heterocycles. The standard InChI is InChI=1S/C12H16N2OS/c13-12(15)9-1-3-10(4-2-9)14-11-5-7-16-8-6-11/h1-4,11,14H,5-8H2,(H2,13,15). The SMILES string of the molecule is NC(=O)c1ccc(NC2CCSCC2)cc1. The number of carbonyl (C=O) groups is 1. The van der Waals surface area contributed by atoms with Gasteiger partial charge in [0, 0.05) is 17.3 Å². The molecular formula is C12H16N2OS. The molecule has 0 aromatic heterocycles. The van der Waals surface area contributed by atoms with Gasteiger partial charge in [-0.1, -0.05) is 0 Å². The number of nitrogens with two attached hydrogens (primary N) is 1. The third-order valence-corrected chi connectivity index (χ3v) is 3.81. The molecular weight excluding hydrogens is 220 g/mol. The van der Waals surface area contributed by atoms with Crippen molar-refractivity contribution in [1.82, 2.24) is 0 Å². The van der Waals surface area contributed by atoms with Crippen LogP contribution in [0.5, 0.6) is 0 Å². The number of benzene rings is 1. The Labute approximate surface area is 99.8 Å². The molecule has 86 valence electrons. The maximum absolute atomic E-state index is 10.9. The lowest BCUT2D eigenvalue weighted by atomic mass is 10.1. The van der Waals surface area contributed by atoms with Crippen LogP contribution in [0.2, 0.25) is 0 Å². The maximum Gasteiger partial charge on any atom is 0.248 e. The van der Waals surface area contributed by atoms with E-state index in [1.54, 1.807) is 12.1 Å². The first kappa shape index (κ1) is 11.3. The summed E-state index contributed by atoms with van der Waals surface area (Å²) in [4.78, 5) is 10.9. The normalized spacial score (nSPS) is 17.0. The molecule has 2 rings (SSSR count). The Balaban J connectivity index is 1.96. The number of carbonyl (C=O) groups excluding carboxylic acids is 1. The predicted molar refractivity (Wildman–Crippen MR) is 68.9 cm³/mol. The molecule has 16 heavy (non-hydrogen) atoms. The molecule has 0 unspecified atom stereocenters. The average Bonchev–Trinajstić information content (AvgIpc) is 2.31. The Morgan fingerprint density at radius 1 is 1.25 bits per heavy atom. The molecule has 0 saturated carbocycles. The second-order valence-electron chi connectivity index (χ2n) is 3.97. The molecule has 1 saturated heterocycles. The van der Waals surface area contributed by atoms with E-state index in [1.807, 2.05) is 23.9 Å². The van der Waals surface area contributed by atoms with Crippen molar-refractivity contribution in [2.45, 2.75) is 18.9 Å². The van der Waals surface area contributed by atoms with E-state index in [0.717, 1.165) is 5.69 Å². The van der Waals surface area contributed by atoms with Crippen molar-refractivity contribution in [3.8, 4) is 0 Å². The first-order valence-corrected chi connectivity index (χ1v) is 6.65. The van der Waals surface area contributed by atoms with Crippen LogP contribution in [0.15, 0.2) is 24.3 Å². The molecule has 0 spiro atoms. The van der Waals surface area contributed by atoms with E-state index >= 15 is 0 Å². The molecule has 3 N–H and O–H groups in total. The van der Waals surface area contributed by atoms with Gasteiger partial charge in [0.2, 0.25) is 5.91 Å². The van der Waals surface area contributed by atoms with E-state index in [0.29, 0.717) is 11.6 Å². The second kappa shape index (κ2) is 5.25. The van der Waals surface area contributed by atoms with E-state index in [9.17, 15) is 4.79 Å². The number of thioether (sulfide) groups is 1. The van der Waals surface area contributed by atoms with Gasteiger partial charge < -0.3 is 11.1 Å². The van der Waals surface area contributed by atoms with Crippen molar-refractivity contribution in [1.29, 1.82) is 0 Å². The highest BCUT2D eigenvalue weighted by molar-refractivity contribution is 7.99. The fraction of sp³-hybridized carbons (Fsp3) is 0.417. The highest BCUT2D eigenvalue weighted by atomic mass is 32.2. The zero-order valence-corrected chi connectivity index (χ0v) is 9.93. The Hall–Kier alpha value is -1.16. The first-order valence-electron chi connectivity index (χ1n) is 5.50. The van der Waals surface area contributed by atoms with E-state index < -0.39 is 0 Å². The van der Waals surface area contributed by atoms with Crippen molar-refractivity contribution in [3.63, 3.8) is 0 Å².